The number of ether oxygens (including phenoxy) is 1. The van der Waals surface area contributed by atoms with E-state index in [1.807, 2.05) is 30.8 Å². The maximum atomic E-state index is 11.2. The average Bonchev–Trinajstić information content (AvgIpc) is 2.52. The molecule has 1 aromatic carbocycles. The van der Waals surface area contributed by atoms with Crippen molar-refractivity contribution in [2.45, 2.75) is 37.2 Å². The van der Waals surface area contributed by atoms with E-state index in [-0.39, 0.29) is 10.6 Å². The summed E-state index contributed by atoms with van der Waals surface area (Å²) in [5.74, 6) is 0.819. The molecule has 6 heteroatoms. The summed E-state index contributed by atoms with van der Waals surface area (Å²) in [6.07, 6.45) is 3.09. The molecule has 0 bridgehead atoms. The first-order valence-corrected chi connectivity index (χ1v) is 8.46. The van der Waals surface area contributed by atoms with Gasteiger partial charge in [-0.05, 0) is 30.9 Å². The van der Waals surface area contributed by atoms with Crippen molar-refractivity contribution in [2.75, 3.05) is 25.1 Å². The number of rotatable bonds is 7. The van der Waals surface area contributed by atoms with Crippen LogP contribution in [-0.4, -0.2) is 29.9 Å². The standard InChI is InChI=1S/C15H22N2O3S/c1-2-7-16-14-4-3-12(10-15(14)17(18)19)11-21-13-5-8-20-9-6-13/h3-4,10,13,16H,2,5-9,11H2,1H3. The molecule has 116 valence electrons. The van der Waals surface area contributed by atoms with Gasteiger partial charge in [0.25, 0.3) is 5.69 Å². The van der Waals surface area contributed by atoms with Gasteiger partial charge in [0.2, 0.25) is 0 Å². The number of hydrogen-bond donors (Lipinski definition) is 1. The van der Waals surface area contributed by atoms with Gasteiger partial charge in [-0.3, -0.25) is 10.1 Å². The van der Waals surface area contributed by atoms with Crippen molar-refractivity contribution in [1.29, 1.82) is 0 Å². The van der Waals surface area contributed by atoms with Gasteiger partial charge in [-0.1, -0.05) is 13.0 Å². The van der Waals surface area contributed by atoms with E-state index < -0.39 is 0 Å². The Bertz CT molecular complexity index is 476. The summed E-state index contributed by atoms with van der Waals surface area (Å²) < 4.78 is 5.34. The summed E-state index contributed by atoms with van der Waals surface area (Å²) >= 11 is 1.87. The second-order valence-corrected chi connectivity index (χ2v) is 6.45. The molecular formula is C15H22N2O3S. The Morgan fingerprint density at radius 2 is 2.19 bits per heavy atom. The minimum atomic E-state index is -0.305. The van der Waals surface area contributed by atoms with Crippen molar-refractivity contribution < 1.29 is 9.66 Å². The highest BCUT2D eigenvalue weighted by Gasteiger charge is 2.17. The molecule has 1 saturated heterocycles. The highest BCUT2D eigenvalue weighted by molar-refractivity contribution is 7.99. The van der Waals surface area contributed by atoms with E-state index in [0.29, 0.717) is 10.9 Å². The molecule has 2 rings (SSSR count). The lowest BCUT2D eigenvalue weighted by Gasteiger charge is -2.21. The summed E-state index contributed by atoms with van der Waals surface area (Å²) in [6, 6.07) is 5.51. The van der Waals surface area contributed by atoms with E-state index in [2.05, 4.69) is 5.32 Å². The van der Waals surface area contributed by atoms with Crippen LogP contribution in [0.4, 0.5) is 11.4 Å². The monoisotopic (exact) mass is 310 g/mol. The highest BCUT2D eigenvalue weighted by Crippen LogP contribution is 2.30. The lowest BCUT2D eigenvalue weighted by atomic mass is 10.2. The van der Waals surface area contributed by atoms with E-state index in [1.165, 1.54) is 0 Å². The van der Waals surface area contributed by atoms with Crippen molar-refractivity contribution in [3.8, 4) is 0 Å². The van der Waals surface area contributed by atoms with Crippen LogP contribution in [0.5, 0.6) is 0 Å². The molecule has 0 aromatic heterocycles. The third kappa shape index (κ3) is 4.89. The van der Waals surface area contributed by atoms with Gasteiger partial charge in [-0.25, -0.2) is 0 Å². The Balaban J connectivity index is 1.99. The van der Waals surface area contributed by atoms with E-state index in [9.17, 15) is 10.1 Å². The van der Waals surface area contributed by atoms with E-state index in [1.54, 1.807) is 6.07 Å². The maximum Gasteiger partial charge on any atom is 0.292 e. The predicted molar refractivity (Wildman–Crippen MR) is 87.0 cm³/mol. The van der Waals surface area contributed by atoms with Gasteiger partial charge in [0, 0.05) is 36.8 Å². The van der Waals surface area contributed by atoms with Gasteiger partial charge in [0.15, 0.2) is 0 Å². The number of hydrogen-bond acceptors (Lipinski definition) is 5. The Morgan fingerprint density at radius 3 is 2.86 bits per heavy atom. The second-order valence-electron chi connectivity index (χ2n) is 5.16. The van der Waals surface area contributed by atoms with Crippen molar-refractivity contribution in [3.63, 3.8) is 0 Å². The fourth-order valence-corrected chi connectivity index (χ4v) is 3.42. The first-order chi connectivity index (χ1) is 10.2. The van der Waals surface area contributed by atoms with E-state index in [4.69, 9.17) is 4.74 Å². The molecule has 1 aliphatic rings. The predicted octanol–water partition coefficient (Wildman–Crippen LogP) is 3.83. The summed E-state index contributed by atoms with van der Waals surface area (Å²) in [7, 11) is 0. The quantitative estimate of drug-likeness (QED) is 0.612. The zero-order valence-corrected chi connectivity index (χ0v) is 13.2. The lowest BCUT2D eigenvalue weighted by molar-refractivity contribution is -0.384. The molecule has 1 fully saturated rings. The van der Waals surface area contributed by atoms with Crippen LogP contribution in [0.25, 0.3) is 0 Å². The highest BCUT2D eigenvalue weighted by atomic mass is 32.2. The molecule has 1 heterocycles. The molecular weight excluding hydrogens is 288 g/mol. The SMILES string of the molecule is CCCNc1ccc(CSC2CCOCC2)cc1[N+](=O)[O-]. The number of nitro groups is 1. The minimum Gasteiger partial charge on any atom is -0.381 e. The molecule has 0 aliphatic carbocycles. The van der Waals surface area contributed by atoms with Crippen LogP contribution in [0.15, 0.2) is 18.2 Å². The smallest absolute Gasteiger partial charge is 0.292 e. The van der Waals surface area contributed by atoms with E-state index >= 15 is 0 Å². The van der Waals surface area contributed by atoms with Crippen molar-refractivity contribution in [1.82, 2.24) is 0 Å². The zero-order chi connectivity index (χ0) is 15.1. The normalized spacial score (nSPS) is 15.9. The Morgan fingerprint density at radius 1 is 1.43 bits per heavy atom. The van der Waals surface area contributed by atoms with Gasteiger partial charge in [0.05, 0.1) is 4.92 Å². The van der Waals surface area contributed by atoms with Crippen molar-refractivity contribution in [2.24, 2.45) is 0 Å². The number of anilines is 1. The van der Waals surface area contributed by atoms with Gasteiger partial charge < -0.3 is 10.1 Å². The number of nitrogens with one attached hydrogen (secondary N) is 1. The fraction of sp³-hybridized carbons (Fsp3) is 0.600. The number of nitro benzene ring substituents is 1. The first kappa shape index (κ1) is 16.1. The molecule has 0 atom stereocenters. The van der Waals surface area contributed by atoms with E-state index in [0.717, 1.165) is 50.3 Å². The van der Waals surface area contributed by atoms with Crippen molar-refractivity contribution in [3.05, 3.63) is 33.9 Å². The third-order valence-corrected chi connectivity index (χ3v) is 4.92. The van der Waals surface area contributed by atoms with Gasteiger partial charge in [-0.15, -0.1) is 0 Å². The van der Waals surface area contributed by atoms with Crippen LogP contribution < -0.4 is 5.32 Å². The molecule has 1 aliphatic heterocycles. The fourth-order valence-electron chi connectivity index (χ4n) is 2.28. The van der Waals surface area contributed by atoms with Gasteiger partial charge >= 0.3 is 0 Å². The molecule has 21 heavy (non-hydrogen) atoms. The number of thioether (sulfide) groups is 1. The van der Waals surface area contributed by atoms with Gasteiger partial charge in [-0.2, -0.15) is 11.8 Å². The summed E-state index contributed by atoms with van der Waals surface area (Å²) in [5, 5.41) is 14.9. The molecule has 1 N–H and O–H groups in total. The maximum absolute atomic E-state index is 11.2. The van der Waals surface area contributed by atoms with Gasteiger partial charge in [0.1, 0.15) is 5.69 Å². The second kappa shape index (κ2) is 8.24. The topological polar surface area (TPSA) is 64.4 Å². The lowest BCUT2D eigenvalue weighted by Crippen LogP contribution is -2.17. The van der Waals surface area contributed by atoms with Crippen LogP contribution in [0, 0.1) is 10.1 Å². The largest absolute Gasteiger partial charge is 0.381 e. The Hall–Kier alpha value is -1.27. The molecule has 0 radical (unpaired) electrons. The molecule has 0 unspecified atom stereocenters. The van der Waals surface area contributed by atoms with Crippen LogP contribution in [0.3, 0.4) is 0 Å². The minimum absolute atomic E-state index is 0.175. The molecule has 0 spiro atoms. The molecule has 1 aromatic rings. The summed E-state index contributed by atoms with van der Waals surface area (Å²) in [4.78, 5) is 10.9. The molecule has 5 nitrogen and oxygen atoms in total. The summed E-state index contributed by atoms with van der Waals surface area (Å²) in [5.41, 5.74) is 1.80. The number of nitrogens with zero attached hydrogens (tertiary/aromatic N) is 1. The van der Waals surface area contributed by atoms with Crippen LogP contribution in [-0.2, 0) is 10.5 Å². The average molecular weight is 310 g/mol. The van der Waals surface area contributed by atoms with Crippen LogP contribution in [0.1, 0.15) is 31.7 Å². The third-order valence-electron chi connectivity index (χ3n) is 3.48. The first-order valence-electron chi connectivity index (χ1n) is 7.41. The Kier molecular flexibility index (Phi) is 6.32. The Labute approximate surface area is 129 Å². The zero-order valence-electron chi connectivity index (χ0n) is 12.3. The molecule has 0 saturated carbocycles. The molecule has 0 amide bonds. The number of benzene rings is 1. The van der Waals surface area contributed by atoms with Crippen LogP contribution in [0.2, 0.25) is 0 Å². The van der Waals surface area contributed by atoms with Crippen molar-refractivity contribution >= 4 is 23.1 Å². The summed E-state index contributed by atoms with van der Waals surface area (Å²) in [6.45, 7) is 4.45. The van der Waals surface area contributed by atoms with Crippen LogP contribution >= 0.6 is 11.8 Å².